The van der Waals surface area contributed by atoms with Crippen molar-refractivity contribution in [2.45, 2.75) is 20.3 Å². The number of nitrogens with one attached hydrogen (secondary N) is 2. The van der Waals surface area contributed by atoms with Crippen LogP contribution in [0.2, 0.25) is 0 Å². The van der Waals surface area contributed by atoms with Crippen molar-refractivity contribution in [2.24, 2.45) is 5.84 Å². The Morgan fingerprint density at radius 2 is 2.00 bits per heavy atom. The van der Waals surface area contributed by atoms with Gasteiger partial charge in [0, 0.05) is 5.56 Å². The molecule has 0 saturated heterocycles. The largest absolute Gasteiger partial charge is 0.337 e. The minimum Gasteiger partial charge on any atom is -0.337 e. The summed E-state index contributed by atoms with van der Waals surface area (Å²) in [6.07, 6.45) is 2.05. The van der Waals surface area contributed by atoms with Gasteiger partial charge in [-0.1, -0.05) is 13.0 Å². The van der Waals surface area contributed by atoms with Crippen molar-refractivity contribution < 1.29 is 4.39 Å². The smallest absolute Gasteiger partial charge is 0.148 e. The van der Waals surface area contributed by atoms with E-state index in [2.05, 4.69) is 20.7 Å². The highest BCUT2D eigenvalue weighted by molar-refractivity contribution is 5.65. The summed E-state index contributed by atoms with van der Waals surface area (Å²) >= 11 is 0. The molecule has 0 saturated carbocycles. The highest BCUT2D eigenvalue weighted by Crippen LogP contribution is 2.25. The summed E-state index contributed by atoms with van der Waals surface area (Å²) in [5.74, 6) is 6.16. The molecule has 0 amide bonds. The van der Waals surface area contributed by atoms with Crippen LogP contribution >= 0.6 is 0 Å². The summed E-state index contributed by atoms with van der Waals surface area (Å²) in [7, 11) is 0. The molecule has 0 aliphatic rings. The summed E-state index contributed by atoms with van der Waals surface area (Å²) in [6.45, 7) is 3.79. The van der Waals surface area contributed by atoms with Crippen LogP contribution < -0.4 is 16.6 Å². The molecule has 0 bridgehead atoms. The lowest BCUT2D eigenvalue weighted by atomic mass is 10.2. The number of aryl methyl sites for hydroxylation is 1. The van der Waals surface area contributed by atoms with Crippen LogP contribution in [0, 0.1) is 12.7 Å². The molecule has 0 unspecified atom stereocenters. The number of benzene rings is 1. The number of halogens is 1. The Labute approximate surface area is 111 Å². The number of hydrogen-bond acceptors (Lipinski definition) is 5. The highest BCUT2D eigenvalue weighted by atomic mass is 19.1. The summed E-state index contributed by atoms with van der Waals surface area (Å²) in [5, 5.41) is 2.97. The maximum absolute atomic E-state index is 13.8. The molecule has 1 heterocycles. The van der Waals surface area contributed by atoms with Gasteiger partial charge in [-0.3, -0.25) is 0 Å². The lowest BCUT2D eigenvalue weighted by Crippen LogP contribution is -2.13. The second-order valence-corrected chi connectivity index (χ2v) is 4.16. The molecular formula is C13H16FN5. The molecule has 0 aliphatic carbocycles. The fourth-order valence-corrected chi connectivity index (χ4v) is 1.83. The van der Waals surface area contributed by atoms with E-state index in [4.69, 9.17) is 5.84 Å². The third-order valence-corrected chi connectivity index (χ3v) is 2.81. The van der Waals surface area contributed by atoms with Crippen LogP contribution in [-0.4, -0.2) is 9.97 Å². The number of hydrogen-bond donors (Lipinski definition) is 3. The molecule has 0 radical (unpaired) electrons. The summed E-state index contributed by atoms with van der Waals surface area (Å²) < 4.78 is 13.8. The lowest BCUT2D eigenvalue weighted by molar-refractivity contribution is 0.630. The monoisotopic (exact) mass is 261 g/mol. The van der Waals surface area contributed by atoms with Gasteiger partial charge in [-0.2, -0.15) is 0 Å². The lowest BCUT2D eigenvalue weighted by Gasteiger charge is -2.13. The normalized spacial score (nSPS) is 10.3. The molecule has 1 aromatic heterocycles. The molecule has 0 fully saturated rings. The maximum atomic E-state index is 13.8. The van der Waals surface area contributed by atoms with Gasteiger partial charge in [0.2, 0.25) is 0 Å². The number of nitrogen functional groups attached to an aromatic ring is 1. The molecule has 6 heteroatoms. The zero-order chi connectivity index (χ0) is 13.8. The Morgan fingerprint density at radius 3 is 2.63 bits per heavy atom. The Morgan fingerprint density at radius 1 is 1.26 bits per heavy atom. The molecule has 0 spiro atoms. The Bertz CT molecular complexity index is 585. The van der Waals surface area contributed by atoms with Crippen LogP contribution in [0.3, 0.4) is 0 Å². The number of anilines is 3. The topological polar surface area (TPSA) is 75.9 Å². The van der Waals surface area contributed by atoms with Gasteiger partial charge in [-0.25, -0.2) is 20.2 Å². The first-order valence-corrected chi connectivity index (χ1v) is 5.99. The van der Waals surface area contributed by atoms with E-state index in [-0.39, 0.29) is 5.82 Å². The van der Waals surface area contributed by atoms with Gasteiger partial charge >= 0.3 is 0 Å². The fourth-order valence-electron chi connectivity index (χ4n) is 1.83. The van der Waals surface area contributed by atoms with E-state index >= 15 is 0 Å². The van der Waals surface area contributed by atoms with Gasteiger partial charge in [0.25, 0.3) is 0 Å². The van der Waals surface area contributed by atoms with Gasteiger partial charge in [-0.15, -0.1) is 0 Å². The standard InChI is InChI=1S/C13H16FN5/c1-3-9-12(16-7-17-13(9)19-15)18-11-5-4-8(2)6-10(11)14/h4-7H,3,15H2,1-2H3,(H2,16,17,18,19). The van der Waals surface area contributed by atoms with Gasteiger partial charge in [0.1, 0.15) is 23.8 Å². The minimum atomic E-state index is -0.317. The number of nitrogens with two attached hydrogens (primary N) is 1. The van der Waals surface area contributed by atoms with Crippen molar-refractivity contribution >= 4 is 17.3 Å². The maximum Gasteiger partial charge on any atom is 0.148 e. The van der Waals surface area contributed by atoms with Crippen molar-refractivity contribution in [3.05, 3.63) is 41.5 Å². The first-order valence-electron chi connectivity index (χ1n) is 5.99. The van der Waals surface area contributed by atoms with Crippen molar-refractivity contribution in [2.75, 3.05) is 10.7 Å². The molecule has 1 aromatic carbocycles. The van der Waals surface area contributed by atoms with Crippen LogP contribution in [0.1, 0.15) is 18.1 Å². The third kappa shape index (κ3) is 2.79. The number of nitrogens with zero attached hydrogens (tertiary/aromatic N) is 2. The Kier molecular flexibility index (Phi) is 3.91. The number of hydrazine groups is 1. The van der Waals surface area contributed by atoms with Gasteiger partial charge in [-0.05, 0) is 31.0 Å². The Balaban J connectivity index is 2.37. The van der Waals surface area contributed by atoms with E-state index in [9.17, 15) is 4.39 Å². The first kappa shape index (κ1) is 13.2. The predicted octanol–water partition coefficient (Wildman–Crippen LogP) is 2.52. The van der Waals surface area contributed by atoms with E-state index in [1.54, 1.807) is 6.07 Å². The molecule has 2 rings (SSSR count). The van der Waals surface area contributed by atoms with Crippen molar-refractivity contribution in [1.82, 2.24) is 9.97 Å². The van der Waals surface area contributed by atoms with Crippen LogP contribution in [-0.2, 0) is 6.42 Å². The van der Waals surface area contributed by atoms with Crippen LogP contribution in [0.15, 0.2) is 24.5 Å². The highest BCUT2D eigenvalue weighted by Gasteiger charge is 2.11. The molecule has 100 valence electrons. The zero-order valence-corrected chi connectivity index (χ0v) is 10.9. The third-order valence-electron chi connectivity index (χ3n) is 2.81. The van der Waals surface area contributed by atoms with Gasteiger partial charge in [0.15, 0.2) is 0 Å². The summed E-state index contributed by atoms with van der Waals surface area (Å²) in [4.78, 5) is 8.16. The fraction of sp³-hybridized carbons (Fsp3) is 0.231. The summed E-state index contributed by atoms with van der Waals surface area (Å²) in [5.41, 5.74) is 4.56. The SMILES string of the molecule is CCc1c(NN)ncnc1Nc1ccc(C)cc1F. The van der Waals surface area contributed by atoms with Gasteiger partial charge in [0.05, 0.1) is 5.69 Å². The van der Waals surface area contributed by atoms with E-state index in [0.717, 1.165) is 11.1 Å². The van der Waals surface area contributed by atoms with E-state index < -0.39 is 0 Å². The van der Waals surface area contributed by atoms with E-state index in [0.29, 0.717) is 23.7 Å². The van der Waals surface area contributed by atoms with E-state index in [1.807, 2.05) is 19.9 Å². The van der Waals surface area contributed by atoms with Crippen LogP contribution in [0.4, 0.5) is 21.7 Å². The van der Waals surface area contributed by atoms with Crippen LogP contribution in [0.25, 0.3) is 0 Å². The number of aromatic nitrogens is 2. The van der Waals surface area contributed by atoms with E-state index in [1.165, 1.54) is 12.4 Å². The molecule has 19 heavy (non-hydrogen) atoms. The van der Waals surface area contributed by atoms with Crippen LogP contribution in [0.5, 0.6) is 0 Å². The molecule has 4 N–H and O–H groups in total. The molecule has 0 atom stereocenters. The van der Waals surface area contributed by atoms with Crippen molar-refractivity contribution in [1.29, 1.82) is 0 Å². The zero-order valence-electron chi connectivity index (χ0n) is 10.9. The minimum absolute atomic E-state index is 0.317. The predicted molar refractivity (Wildman–Crippen MR) is 73.6 cm³/mol. The molecule has 0 aliphatic heterocycles. The second-order valence-electron chi connectivity index (χ2n) is 4.16. The van der Waals surface area contributed by atoms with Crippen molar-refractivity contribution in [3.8, 4) is 0 Å². The van der Waals surface area contributed by atoms with Crippen molar-refractivity contribution in [3.63, 3.8) is 0 Å². The first-order chi connectivity index (χ1) is 9.15. The average molecular weight is 261 g/mol. The molecular weight excluding hydrogens is 245 g/mol. The quantitative estimate of drug-likeness (QED) is 0.582. The van der Waals surface area contributed by atoms with Gasteiger partial charge < -0.3 is 10.7 Å². The Hall–Kier alpha value is -2.21. The molecule has 2 aromatic rings. The average Bonchev–Trinajstić information content (AvgIpc) is 2.41. The second kappa shape index (κ2) is 5.62. The summed E-state index contributed by atoms with van der Waals surface area (Å²) in [6, 6.07) is 4.99. The number of rotatable bonds is 4. The molecule has 5 nitrogen and oxygen atoms in total.